The summed E-state index contributed by atoms with van der Waals surface area (Å²) in [6.07, 6.45) is 3.35. The van der Waals surface area contributed by atoms with Gasteiger partial charge in [-0.2, -0.15) is 0 Å². The molecule has 0 unspecified atom stereocenters. The summed E-state index contributed by atoms with van der Waals surface area (Å²) in [4.78, 5) is 14.6. The molecule has 0 aliphatic carbocycles. The largest absolute Gasteiger partial charge is 0.481 e. The molecule has 106 valence electrons. The van der Waals surface area contributed by atoms with Gasteiger partial charge >= 0.3 is 5.97 Å². The highest BCUT2D eigenvalue weighted by Gasteiger charge is 2.15. The molecule has 0 spiro atoms. The standard InChI is InChI=1S/C12H14N4O3S/c1-19-7-6-16-11(9-2-4-13-5-3-9)14-15-12(16)20-8-10(17)18/h2-5H,6-8H2,1H3,(H,17,18). The SMILES string of the molecule is COCCn1c(SCC(=O)O)nnc1-c1ccncc1. The molecule has 2 heterocycles. The Hall–Kier alpha value is -1.93. The van der Waals surface area contributed by atoms with Gasteiger partial charge in [0.05, 0.1) is 18.9 Å². The van der Waals surface area contributed by atoms with Gasteiger partial charge in [0.2, 0.25) is 0 Å². The second-order valence-electron chi connectivity index (χ2n) is 3.87. The quantitative estimate of drug-likeness (QED) is 0.766. The average molecular weight is 294 g/mol. The van der Waals surface area contributed by atoms with Gasteiger partial charge in [0.15, 0.2) is 11.0 Å². The Kier molecular flexibility index (Phi) is 5.08. The lowest BCUT2D eigenvalue weighted by Crippen LogP contribution is -2.08. The van der Waals surface area contributed by atoms with Crippen LogP contribution in [0.5, 0.6) is 0 Å². The lowest BCUT2D eigenvalue weighted by Gasteiger charge is -2.08. The van der Waals surface area contributed by atoms with E-state index in [1.165, 1.54) is 0 Å². The number of methoxy groups -OCH3 is 1. The monoisotopic (exact) mass is 294 g/mol. The number of hydrogen-bond acceptors (Lipinski definition) is 6. The Balaban J connectivity index is 2.29. The molecule has 0 saturated carbocycles. The predicted octanol–water partition coefficient (Wildman–Crippen LogP) is 1.16. The van der Waals surface area contributed by atoms with E-state index >= 15 is 0 Å². The van der Waals surface area contributed by atoms with Gasteiger partial charge in [-0.3, -0.25) is 14.3 Å². The van der Waals surface area contributed by atoms with Crippen LogP contribution in [-0.2, 0) is 16.1 Å². The van der Waals surface area contributed by atoms with E-state index in [4.69, 9.17) is 9.84 Å². The summed E-state index contributed by atoms with van der Waals surface area (Å²) in [5.41, 5.74) is 0.880. The number of thioether (sulfide) groups is 1. The maximum Gasteiger partial charge on any atom is 0.313 e. The van der Waals surface area contributed by atoms with E-state index in [0.717, 1.165) is 17.3 Å². The van der Waals surface area contributed by atoms with Gasteiger partial charge in [-0.1, -0.05) is 11.8 Å². The van der Waals surface area contributed by atoms with Gasteiger partial charge < -0.3 is 9.84 Å². The van der Waals surface area contributed by atoms with Crippen molar-refractivity contribution in [2.24, 2.45) is 0 Å². The van der Waals surface area contributed by atoms with E-state index in [-0.39, 0.29) is 5.75 Å². The summed E-state index contributed by atoms with van der Waals surface area (Å²) < 4.78 is 6.93. The molecule has 2 aromatic heterocycles. The lowest BCUT2D eigenvalue weighted by atomic mass is 10.2. The van der Waals surface area contributed by atoms with Gasteiger partial charge in [-0.05, 0) is 12.1 Å². The molecule has 7 nitrogen and oxygen atoms in total. The van der Waals surface area contributed by atoms with Crippen LogP contribution in [0.15, 0.2) is 29.7 Å². The van der Waals surface area contributed by atoms with E-state index in [1.807, 2.05) is 16.7 Å². The van der Waals surface area contributed by atoms with E-state index < -0.39 is 5.97 Å². The van der Waals surface area contributed by atoms with Crippen molar-refractivity contribution in [2.45, 2.75) is 11.7 Å². The van der Waals surface area contributed by atoms with Crippen LogP contribution in [-0.4, -0.2) is 50.3 Å². The molecular formula is C12H14N4O3S. The second kappa shape index (κ2) is 7.01. The van der Waals surface area contributed by atoms with Crippen LogP contribution in [0.1, 0.15) is 0 Å². The van der Waals surface area contributed by atoms with Crippen molar-refractivity contribution in [3.63, 3.8) is 0 Å². The number of pyridine rings is 1. The normalized spacial score (nSPS) is 10.7. The van der Waals surface area contributed by atoms with E-state index in [2.05, 4.69) is 15.2 Å². The average Bonchev–Trinajstić information content (AvgIpc) is 2.86. The molecule has 0 saturated heterocycles. The van der Waals surface area contributed by atoms with Gasteiger partial charge in [-0.15, -0.1) is 10.2 Å². The lowest BCUT2D eigenvalue weighted by molar-refractivity contribution is -0.133. The van der Waals surface area contributed by atoms with Crippen LogP contribution in [0.2, 0.25) is 0 Å². The number of carbonyl (C=O) groups is 1. The van der Waals surface area contributed by atoms with Crippen LogP contribution in [0.4, 0.5) is 0 Å². The number of rotatable bonds is 7. The predicted molar refractivity (Wildman–Crippen MR) is 73.5 cm³/mol. The third-order valence-electron chi connectivity index (χ3n) is 2.50. The first-order chi connectivity index (χ1) is 9.72. The molecule has 0 fully saturated rings. The minimum Gasteiger partial charge on any atom is -0.481 e. The van der Waals surface area contributed by atoms with Gasteiger partial charge in [-0.25, -0.2) is 0 Å². The molecule has 0 aromatic carbocycles. The molecule has 0 aliphatic rings. The van der Waals surface area contributed by atoms with Crippen LogP contribution in [0, 0.1) is 0 Å². The van der Waals surface area contributed by atoms with E-state index in [0.29, 0.717) is 24.1 Å². The zero-order chi connectivity index (χ0) is 14.4. The maximum atomic E-state index is 10.7. The first-order valence-electron chi connectivity index (χ1n) is 5.89. The van der Waals surface area contributed by atoms with Gasteiger partial charge in [0.25, 0.3) is 0 Å². The molecule has 2 rings (SSSR count). The number of aliphatic carboxylic acids is 1. The molecule has 0 atom stereocenters. The summed E-state index contributed by atoms with van der Waals surface area (Å²) in [5, 5.41) is 17.5. The molecular weight excluding hydrogens is 280 g/mol. The van der Waals surface area contributed by atoms with Crippen molar-refractivity contribution in [1.82, 2.24) is 19.7 Å². The Bertz CT molecular complexity index is 573. The van der Waals surface area contributed by atoms with E-state index in [1.54, 1.807) is 19.5 Å². The van der Waals surface area contributed by atoms with Crippen molar-refractivity contribution >= 4 is 17.7 Å². The Morgan fingerprint density at radius 1 is 1.40 bits per heavy atom. The van der Waals surface area contributed by atoms with Crippen LogP contribution in [0.3, 0.4) is 0 Å². The highest BCUT2D eigenvalue weighted by molar-refractivity contribution is 7.99. The maximum absolute atomic E-state index is 10.7. The minimum atomic E-state index is -0.887. The second-order valence-corrected chi connectivity index (χ2v) is 4.81. The molecule has 20 heavy (non-hydrogen) atoms. The zero-order valence-electron chi connectivity index (χ0n) is 10.9. The van der Waals surface area contributed by atoms with Crippen molar-refractivity contribution in [1.29, 1.82) is 0 Å². The summed E-state index contributed by atoms with van der Waals surface area (Å²) in [6, 6.07) is 3.66. The third-order valence-corrected chi connectivity index (χ3v) is 3.45. The minimum absolute atomic E-state index is 0.0541. The Labute approximate surface area is 120 Å². The molecule has 0 radical (unpaired) electrons. The summed E-state index contributed by atoms with van der Waals surface area (Å²) >= 11 is 1.14. The zero-order valence-corrected chi connectivity index (χ0v) is 11.7. The highest BCUT2D eigenvalue weighted by atomic mass is 32.2. The number of aromatic nitrogens is 4. The Morgan fingerprint density at radius 3 is 2.80 bits per heavy atom. The summed E-state index contributed by atoms with van der Waals surface area (Å²) in [5.74, 6) is -0.263. The van der Waals surface area contributed by atoms with Crippen molar-refractivity contribution in [3.05, 3.63) is 24.5 Å². The number of ether oxygens (including phenoxy) is 1. The van der Waals surface area contributed by atoms with Gasteiger partial charge in [0.1, 0.15) is 0 Å². The number of carboxylic acids is 1. The fraction of sp³-hybridized carbons (Fsp3) is 0.333. The number of hydrogen-bond donors (Lipinski definition) is 1. The van der Waals surface area contributed by atoms with Crippen LogP contribution < -0.4 is 0 Å². The van der Waals surface area contributed by atoms with Crippen molar-refractivity contribution < 1.29 is 14.6 Å². The molecule has 0 bridgehead atoms. The molecule has 1 N–H and O–H groups in total. The fourth-order valence-corrected chi connectivity index (χ4v) is 2.31. The first-order valence-corrected chi connectivity index (χ1v) is 6.88. The van der Waals surface area contributed by atoms with Crippen molar-refractivity contribution in [3.8, 4) is 11.4 Å². The van der Waals surface area contributed by atoms with Gasteiger partial charge in [0, 0.05) is 25.1 Å². The number of nitrogens with zero attached hydrogens (tertiary/aromatic N) is 4. The van der Waals surface area contributed by atoms with Crippen molar-refractivity contribution in [2.75, 3.05) is 19.5 Å². The van der Waals surface area contributed by atoms with E-state index in [9.17, 15) is 4.79 Å². The smallest absolute Gasteiger partial charge is 0.313 e. The Morgan fingerprint density at radius 2 is 2.15 bits per heavy atom. The topological polar surface area (TPSA) is 90.1 Å². The molecule has 0 amide bonds. The number of carboxylic acid groups (broad SMARTS) is 1. The van der Waals surface area contributed by atoms with Crippen LogP contribution >= 0.6 is 11.8 Å². The summed E-state index contributed by atoms with van der Waals surface area (Å²) in [7, 11) is 1.61. The molecule has 2 aromatic rings. The highest BCUT2D eigenvalue weighted by Crippen LogP contribution is 2.23. The third kappa shape index (κ3) is 3.55. The molecule has 8 heteroatoms. The molecule has 0 aliphatic heterocycles. The summed E-state index contributed by atoms with van der Waals surface area (Å²) in [6.45, 7) is 1.06. The fourth-order valence-electron chi connectivity index (χ4n) is 1.62. The van der Waals surface area contributed by atoms with Crippen LogP contribution in [0.25, 0.3) is 11.4 Å². The first kappa shape index (κ1) is 14.5.